The van der Waals surface area contributed by atoms with Crippen LogP contribution in [0.2, 0.25) is 0 Å². The van der Waals surface area contributed by atoms with Crippen molar-refractivity contribution in [1.82, 2.24) is 5.01 Å². The lowest BCUT2D eigenvalue weighted by Crippen LogP contribution is -2.45. The van der Waals surface area contributed by atoms with E-state index in [1.54, 1.807) is 0 Å². The molecule has 1 rings (SSSR count). The minimum Gasteiger partial charge on any atom is -0.283 e. The number of benzene rings is 1. The highest BCUT2D eigenvalue weighted by Crippen LogP contribution is 2.27. The molecule has 0 saturated carbocycles. The first-order valence-corrected chi connectivity index (χ1v) is 4.75. The molecule has 3 nitrogen and oxygen atoms in total. The van der Waals surface area contributed by atoms with Gasteiger partial charge in [-0.05, 0) is 19.9 Å². The van der Waals surface area contributed by atoms with Gasteiger partial charge in [-0.2, -0.15) is 0 Å². The van der Waals surface area contributed by atoms with Crippen LogP contribution in [0.15, 0.2) is 18.2 Å². The van der Waals surface area contributed by atoms with Crippen LogP contribution < -0.4 is 5.84 Å². The second-order valence-electron chi connectivity index (χ2n) is 4.17. The SMILES string of the molecule is CN(N)C(=O)C(C)(C)c1ccc(F)cc1F. The molecule has 0 aliphatic rings. The van der Waals surface area contributed by atoms with Crippen LogP contribution in [-0.4, -0.2) is 18.0 Å². The molecule has 1 aromatic carbocycles. The number of hydrazine groups is 1. The Kier molecular flexibility index (Phi) is 3.28. The second kappa shape index (κ2) is 4.17. The maximum atomic E-state index is 13.5. The second-order valence-corrected chi connectivity index (χ2v) is 4.17. The van der Waals surface area contributed by atoms with Gasteiger partial charge in [-0.3, -0.25) is 9.80 Å². The number of nitrogens with zero attached hydrogens (tertiary/aromatic N) is 1. The molecule has 0 aliphatic heterocycles. The number of hydrogen-bond acceptors (Lipinski definition) is 2. The number of carbonyl (C=O) groups is 1. The van der Waals surface area contributed by atoms with E-state index in [1.807, 2.05) is 0 Å². The third-order valence-corrected chi connectivity index (χ3v) is 2.46. The Morgan fingerprint density at radius 2 is 1.94 bits per heavy atom. The molecule has 16 heavy (non-hydrogen) atoms. The normalized spacial score (nSPS) is 11.4. The molecule has 0 atom stereocenters. The van der Waals surface area contributed by atoms with E-state index >= 15 is 0 Å². The predicted octanol–water partition coefficient (Wildman–Crippen LogP) is 1.57. The highest BCUT2D eigenvalue weighted by Gasteiger charge is 2.34. The summed E-state index contributed by atoms with van der Waals surface area (Å²) < 4.78 is 26.3. The molecule has 0 aliphatic carbocycles. The molecule has 0 saturated heterocycles. The molecular weight excluding hydrogens is 214 g/mol. The lowest BCUT2D eigenvalue weighted by atomic mass is 9.83. The summed E-state index contributed by atoms with van der Waals surface area (Å²) >= 11 is 0. The van der Waals surface area contributed by atoms with Crippen molar-refractivity contribution in [3.05, 3.63) is 35.4 Å². The van der Waals surface area contributed by atoms with Crippen molar-refractivity contribution in [2.75, 3.05) is 7.05 Å². The molecule has 0 fully saturated rings. The van der Waals surface area contributed by atoms with Crippen molar-refractivity contribution in [3.8, 4) is 0 Å². The molecule has 88 valence electrons. The number of amides is 1. The molecule has 2 N–H and O–H groups in total. The first kappa shape index (κ1) is 12.6. The van der Waals surface area contributed by atoms with Crippen molar-refractivity contribution in [3.63, 3.8) is 0 Å². The van der Waals surface area contributed by atoms with Crippen LogP contribution in [0.5, 0.6) is 0 Å². The van der Waals surface area contributed by atoms with Crippen LogP contribution in [0.25, 0.3) is 0 Å². The van der Waals surface area contributed by atoms with Gasteiger partial charge in [0.15, 0.2) is 0 Å². The Morgan fingerprint density at radius 3 is 2.38 bits per heavy atom. The molecule has 5 heteroatoms. The van der Waals surface area contributed by atoms with E-state index in [4.69, 9.17) is 5.84 Å². The van der Waals surface area contributed by atoms with Crippen LogP contribution in [-0.2, 0) is 10.2 Å². The summed E-state index contributed by atoms with van der Waals surface area (Å²) in [4.78, 5) is 11.7. The highest BCUT2D eigenvalue weighted by molar-refractivity contribution is 5.86. The van der Waals surface area contributed by atoms with Gasteiger partial charge in [-0.1, -0.05) is 6.07 Å². The monoisotopic (exact) mass is 228 g/mol. The van der Waals surface area contributed by atoms with Crippen molar-refractivity contribution in [2.45, 2.75) is 19.3 Å². The standard InChI is InChI=1S/C11H14F2N2O/c1-11(2,10(16)15(3)14)8-5-4-7(12)6-9(8)13/h4-6H,14H2,1-3H3. The van der Waals surface area contributed by atoms with E-state index in [0.29, 0.717) is 0 Å². The van der Waals surface area contributed by atoms with Crippen molar-refractivity contribution in [2.24, 2.45) is 5.84 Å². The zero-order valence-electron chi connectivity index (χ0n) is 9.42. The van der Waals surface area contributed by atoms with Gasteiger partial charge in [-0.15, -0.1) is 0 Å². The van der Waals surface area contributed by atoms with Crippen LogP contribution in [0.3, 0.4) is 0 Å². The largest absolute Gasteiger partial charge is 0.283 e. The fourth-order valence-corrected chi connectivity index (χ4v) is 1.55. The van der Waals surface area contributed by atoms with Crippen LogP contribution in [0.4, 0.5) is 8.78 Å². The minimum atomic E-state index is -1.12. The molecule has 1 amide bonds. The van der Waals surface area contributed by atoms with E-state index in [1.165, 1.54) is 27.0 Å². The first-order chi connectivity index (χ1) is 7.26. The van der Waals surface area contributed by atoms with E-state index in [-0.39, 0.29) is 5.56 Å². The number of nitrogens with two attached hydrogens (primary N) is 1. The molecule has 0 radical (unpaired) electrons. The molecule has 1 aromatic rings. The number of likely N-dealkylation sites (N-methyl/N-ethyl adjacent to an activating group) is 1. The number of hydrogen-bond donors (Lipinski definition) is 1. The van der Waals surface area contributed by atoms with Crippen LogP contribution >= 0.6 is 0 Å². The Hall–Kier alpha value is -1.49. The van der Waals surface area contributed by atoms with Gasteiger partial charge in [0.2, 0.25) is 5.91 Å². The van der Waals surface area contributed by atoms with Gasteiger partial charge >= 0.3 is 0 Å². The molecule has 0 bridgehead atoms. The van der Waals surface area contributed by atoms with Crippen LogP contribution in [0.1, 0.15) is 19.4 Å². The third kappa shape index (κ3) is 2.19. The summed E-state index contributed by atoms with van der Waals surface area (Å²) in [5.41, 5.74) is -1.00. The summed E-state index contributed by atoms with van der Waals surface area (Å²) in [6.45, 7) is 3.07. The Morgan fingerprint density at radius 1 is 1.38 bits per heavy atom. The lowest BCUT2D eigenvalue weighted by Gasteiger charge is -2.27. The van der Waals surface area contributed by atoms with Gasteiger partial charge in [0.1, 0.15) is 11.6 Å². The fourth-order valence-electron chi connectivity index (χ4n) is 1.55. The molecule has 0 spiro atoms. The lowest BCUT2D eigenvalue weighted by molar-refractivity contribution is -0.135. The van der Waals surface area contributed by atoms with Crippen molar-refractivity contribution in [1.29, 1.82) is 0 Å². The summed E-state index contributed by atoms with van der Waals surface area (Å²) in [7, 11) is 1.38. The van der Waals surface area contributed by atoms with Crippen molar-refractivity contribution < 1.29 is 13.6 Å². The van der Waals surface area contributed by atoms with E-state index in [9.17, 15) is 13.6 Å². The fraction of sp³-hybridized carbons (Fsp3) is 0.364. The zero-order valence-corrected chi connectivity index (χ0v) is 9.42. The number of carbonyl (C=O) groups excluding carboxylic acids is 1. The topological polar surface area (TPSA) is 46.3 Å². The Bertz CT molecular complexity index is 416. The maximum absolute atomic E-state index is 13.5. The van der Waals surface area contributed by atoms with E-state index in [0.717, 1.165) is 17.1 Å². The average Bonchev–Trinajstić information content (AvgIpc) is 2.15. The molecular formula is C11H14F2N2O. The van der Waals surface area contributed by atoms with Gasteiger partial charge in [0, 0.05) is 18.7 Å². The molecule has 0 aromatic heterocycles. The van der Waals surface area contributed by atoms with Gasteiger partial charge < -0.3 is 0 Å². The summed E-state index contributed by atoms with van der Waals surface area (Å²) in [6.07, 6.45) is 0. The molecule has 0 heterocycles. The van der Waals surface area contributed by atoms with Gasteiger partial charge in [0.25, 0.3) is 0 Å². The Labute approximate surface area is 92.8 Å². The highest BCUT2D eigenvalue weighted by atomic mass is 19.1. The minimum absolute atomic E-state index is 0.121. The average molecular weight is 228 g/mol. The smallest absolute Gasteiger partial charge is 0.246 e. The summed E-state index contributed by atoms with van der Waals surface area (Å²) in [6, 6.07) is 3.12. The molecule has 0 unspecified atom stereocenters. The first-order valence-electron chi connectivity index (χ1n) is 4.75. The quantitative estimate of drug-likeness (QED) is 0.474. The Balaban J connectivity index is 3.21. The predicted molar refractivity (Wildman–Crippen MR) is 56.3 cm³/mol. The summed E-state index contributed by atoms with van der Waals surface area (Å²) in [5.74, 6) is 3.46. The van der Waals surface area contributed by atoms with Crippen molar-refractivity contribution >= 4 is 5.91 Å². The zero-order chi connectivity index (χ0) is 12.5. The van der Waals surface area contributed by atoms with E-state index in [2.05, 4.69) is 0 Å². The van der Waals surface area contributed by atoms with Gasteiger partial charge in [-0.25, -0.2) is 14.6 Å². The third-order valence-electron chi connectivity index (χ3n) is 2.46. The number of halogens is 2. The maximum Gasteiger partial charge on any atom is 0.246 e. The summed E-state index contributed by atoms with van der Waals surface area (Å²) in [5, 5.41) is 0.892. The van der Waals surface area contributed by atoms with Crippen LogP contribution in [0, 0.1) is 11.6 Å². The van der Waals surface area contributed by atoms with Gasteiger partial charge in [0.05, 0.1) is 5.41 Å². The number of rotatable bonds is 2. The van der Waals surface area contributed by atoms with E-state index < -0.39 is 23.0 Å².